The third-order valence-electron chi connectivity index (χ3n) is 4.16. The lowest BCUT2D eigenvalue weighted by Crippen LogP contribution is -2.24. The van der Waals surface area contributed by atoms with Gasteiger partial charge >= 0.3 is 0 Å². The van der Waals surface area contributed by atoms with Gasteiger partial charge in [0.15, 0.2) is 11.5 Å². The van der Waals surface area contributed by atoms with Gasteiger partial charge in [-0.05, 0) is 35.2 Å². The largest absolute Gasteiger partial charge is 0.481 e. The smallest absolute Gasteiger partial charge is 0.241 e. The van der Waals surface area contributed by atoms with Gasteiger partial charge in [0.1, 0.15) is 12.4 Å². The van der Waals surface area contributed by atoms with E-state index in [4.69, 9.17) is 14.2 Å². The van der Waals surface area contributed by atoms with Crippen molar-refractivity contribution in [2.45, 2.75) is 31.1 Å². The maximum Gasteiger partial charge on any atom is 0.241 e. The van der Waals surface area contributed by atoms with Crippen LogP contribution in [-0.4, -0.2) is 28.4 Å². The maximum atomic E-state index is 12.3. The van der Waals surface area contributed by atoms with Crippen molar-refractivity contribution in [1.82, 2.24) is 4.72 Å². The van der Waals surface area contributed by atoms with Crippen LogP contribution in [0, 0.1) is 11.8 Å². The molecule has 3 rings (SSSR count). The molecule has 1 heterocycles. The van der Waals surface area contributed by atoms with Crippen LogP contribution >= 0.6 is 0 Å². The predicted molar refractivity (Wildman–Crippen MR) is 106 cm³/mol. The second-order valence-electron chi connectivity index (χ2n) is 7.26. The molecular weight excluding hydrogens is 378 g/mol. The maximum absolute atomic E-state index is 12.3. The van der Waals surface area contributed by atoms with Crippen LogP contribution in [0.25, 0.3) is 0 Å². The van der Waals surface area contributed by atoms with Crippen molar-refractivity contribution in [3.63, 3.8) is 0 Å². The van der Waals surface area contributed by atoms with E-state index in [2.05, 4.69) is 37.3 Å². The van der Waals surface area contributed by atoms with Crippen LogP contribution in [0.3, 0.4) is 0 Å². The zero-order chi connectivity index (χ0) is 20.2. The second kappa shape index (κ2) is 8.13. The number of benzene rings is 2. The number of rotatable bonds is 5. The van der Waals surface area contributed by atoms with E-state index in [0.717, 1.165) is 5.56 Å². The summed E-state index contributed by atoms with van der Waals surface area (Å²) in [6, 6.07) is 12.1. The Morgan fingerprint density at radius 3 is 2.46 bits per heavy atom. The minimum Gasteiger partial charge on any atom is -0.481 e. The minimum atomic E-state index is -3.59. The van der Waals surface area contributed by atoms with Crippen LogP contribution in [0.1, 0.15) is 26.3 Å². The Morgan fingerprint density at radius 2 is 1.75 bits per heavy atom. The number of nitrogens with one attached hydrogen (secondary N) is 1. The molecule has 0 aliphatic carbocycles. The zero-order valence-electron chi connectivity index (χ0n) is 16.1. The summed E-state index contributed by atoms with van der Waals surface area (Å²) in [5, 5.41) is 0. The van der Waals surface area contributed by atoms with Gasteiger partial charge in [-0.2, -0.15) is 4.72 Å². The summed E-state index contributed by atoms with van der Waals surface area (Å²) < 4.78 is 43.1. The molecule has 28 heavy (non-hydrogen) atoms. The van der Waals surface area contributed by atoms with E-state index in [9.17, 15) is 8.42 Å². The zero-order valence-corrected chi connectivity index (χ0v) is 16.9. The molecule has 7 heteroatoms. The molecule has 0 bridgehead atoms. The molecule has 0 amide bonds. The molecule has 0 radical (unpaired) electrons. The van der Waals surface area contributed by atoms with Crippen molar-refractivity contribution in [2.75, 3.05) is 19.9 Å². The summed E-state index contributed by atoms with van der Waals surface area (Å²) in [5.41, 5.74) is 1.05. The van der Waals surface area contributed by atoms with Crippen molar-refractivity contribution in [2.24, 2.45) is 0 Å². The number of hydrogen-bond donors (Lipinski definition) is 1. The third kappa shape index (κ3) is 4.97. The van der Waals surface area contributed by atoms with Crippen LogP contribution in [0.4, 0.5) is 0 Å². The Bertz CT molecular complexity index is 996. The Balaban J connectivity index is 1.49. The summed E-state index contributed by atoms with van der Waals surface area (Å²) in [6.45, 7) is 6.59. The highest BCUT2D eigenvalue weighted by molar-refractivity contribution is 7.89. The standard InChI is InChI=1S/C21H23NO5S/c1-21(2,3)16-6-9-18(10-7-16)28(23,24)22-12-4-5-13-25-17-8-11-19-20(14-17)27-15-26-19/h6-11,14,22H,12-13,15H2,1-3H3. The Hall–Kier alpha value is -2.69. The van der Waals surface area contributed by atoms with Gasteiger partial charge in [-0.25, -0.2) is 8.42 Å². The van der Waals surface area contributed by atoms with Gasteiger partial charge in [0.25, 0.3) is 0 Å². The lowest BCUT2D eigenvalue weighted by molar-refractivity contribution is 0.174. The second-order valence-corrected chi connectivity index (χ2v) is 9.02. The summed E-state index contributed by atoms with van der Waals surface area (Å²) in [6.07, 6.45) is 0. The first-order valence-corrected chi connectivity index (χ1v) is 10.3. The lowest BCUT2D eigenvalue weighted by Gasteiger charge is -2.19. The van der Waals surface area contributed by atoms with E-state index >= 15 is 0 Å². The normalized spacial score (nSPS) is 13.0. The Morgan fingerprint density at radius 1 is 1.04 bits per heavy atom. The third-order valence-corrected chi connectivity index (χ3v) is 5.58. The van der Waals surface area contributed by atoms with Crippen molar-refractivity contribution in [3.8, 4) is 29.1 Å². The van der Waals surface area contributed by atoms with Gasteiger partial charge in [-0.15, -0.1) is 0 Å². The fraction of sp³-hybridized carbons (Fsp3) is 0.333. The quantitative estimate of drug-likeness (QED) is 0.780. The van der Waals surface area contributed by atoms with Crippen LogP contribution < -0.4 is 18.9 Å². The van der Waals surface area contributed by atoms with Crippen LogP contribution in [0.5, 0.6) is 17.2 Å². The molecule has 148 valence electrons. The fourth-order valence-electron chi connectivity index (χ4n) is 2.55. The highest BCUT2D eigenvalue weighted by atomic mass is 32.2. The number of fused-ring (bicyclic) bond motifs is 1. The van der Waals surface area contributed by atoms with E-state index in [1.165, 1.54) is 0 Å². The van der Waals surface area contributed by atoms with Crippen LogP contribution in [0.15, 0.2) is 47.4 Å². The molecule has 0 spiro atoms. The van der Waals surface area contributed by atoms with Gasteiger partial charge in [-0.3, -0.25) is 0 Å². The molecule has 0 saturated heterocycles. The van der Waals surface area contributed by atoms with Crippen LogP contribution in [-0.2, 0) is 15.4 Å². The predicted octanol–water partition coefficient (Wildman–Crippen LogP) is 3.07. The SMILES string of the molecule is CC(C)(C)c1ccc(S(=O)(=O)NCC#CCOc2ccc3c(c2)OCO3)cc1. The fourth-order valence-corrected chi connectivity index (χ4v) is 3.47. The van der Waals surface area contributed by atoms with Crippen molar-refractivity contribution >= 4 is 10.0 Å². The molecule has 0 unspecified atom stereocenters. The Labute approximate surface area is 165 Å². The molecule has 0 atom stereocenters. The van der Waals surface area contributed by atoms with E-state index in [1.807, 2.05) is 12.1 Å². The molecule has 1 N–H and O–H groups in total. The topological polar surface area (TPSA) is 73.9 Å². The monoisotopic (exact) mass is 401 g/mol. The average molecular weight is 401 g/mol. The van der Waals surface area contributed by atoms with Crippen molar-refractivity contribution in [1.29, 1.82) is 0 Å². The van der Waals surface area contributed by atoms with Crippen molar-refractivity contribution in [3.05, 3.63) is 48.0 Å². The molecule has 2 aromatic carbocycles. The van der Waals surface area contributed by atoms with Gasteiger partial charge in [0.2, 0.25) is 16.8 Å². The van der Waals surface area contributed by atoms with Gasteiger partial charge in [0.05, 0.1) is 11.4 Å². The minimum absolute atomic E-state index is 0.00779. The number of sulfonamides is 1. The molecule has 1 aliphatic rings. The summed E-state index contributed by atoms with van der Waals surface area (Å²) in [5.74, 6) is 7.46. The molecule has 2 aromatic rings. The van der Waals surface area contributed by atoms with Crippen LogP contribution in [0.2, 0.25) is 0 Å². The molecule has 0 saturated carbocycles. The first kappa shape index (κ1) is 20.1. The first-order chi connectivity index (χ1) is 13.3. The number of ether oxygens (including phenoxy) is 3. The summed E-state index contributed by atoms with van der Waals surface area (Å²) in [4.78, 5) is 0.221. The average Bonchev–Trinajstić information content (AvgIpc) is 3.12. The summed E-state index contributed by atoms with van der Waals surface area (Å²) in [7, 11) is -3.59. The summed E-state index contributed by atoms with van der Waals surface area (Å²) >= 11 is 0. The lowest BCUT2D eigenvalue weighted by atomic mass is 9.87. The van der Waals surface area contributed by atoms with Gasteiger partial charge in [0, 0.05) is 6.07 Å². The van der Waals surface area contributed by atoms with Gasteiger partial charge < -0.3 is 14.2 Å². The Kier molecular flexibility index (Phi) is 5.82. The van der Waals surface area contributed by atoms with E-state index in [-0.39, 0.29) is 30.3 Å². The molecule has 0 fully saturated rings. The molecular formula is C21H23NO5S. The molecule has 6 nitrogen and oxygen atoms in total. The van der Waals surface area contributed by atoms with E-state index in [1.54, 1.807) is 30.3 Å². The number of hydrogen-bond acceptors (Lipinski definition) is 5. The first-order valence-electron chi connectivity index (χ1n) is 8.84. The van der Waals surface area contributed by atoms with E-state index < -0.39 is 10.0 Å². The van der Waals surface area contributed by atoms with Crippen molar-refractivity contribution < 1.29 is 22.6 Å². The molecule has 0 aromatic heterocycles. The highest BCUT2D eigenvalue weighted by Gasteiger charge is 2.17. The van der Waals surface area contributed by atoms with Gasteiger partial charge in [-0.1, -0.05) is 44.7 Å². The highest BCUT2D eigenvalue weighted by Crippen LogP contribution is 2.35. The molecule has 1 aliphatic heterocycles. The van der Waals surface area contributed by atoms with E-state index in [0.29, 0.717) is 17.2 Å².